The molecule has 62 heavy (non-hydrogen) atoms. The van der Waals surface area contributed by atoms with Gasteiger partial charge in [0.2, 0.25) is 11.8 Å². The zero-order valence-electron chi connectivity index (χ0n) is 35.7. The summed E-state index contributed by atoms with van der Waals surface area (Å²) in [5.41, 5.74) is 9.42. The second-order valence-corrected chi connectivity index (χ2v) is 16.6. The summed E-state index contributed by atoms with van der Waals surface area (Å²) in [5.74, 6) is -1.79. The number of hydrogen-bond acceptors (Lipinski definition) is 12. The zero-order valence-corrected chi connectivity index (χ0v) is 35.7. The van der Waals surface area contributed by atoms with Gasteiger partial charge in [-0.2, -0.15) is 0 Å². The van der Waals surface area contributed by atoms with E-state index < -0.39 is 47.5 Å². The third kappa shape index (κ3) is 8.72. The molecule has 0 saturated carbocycles. The van der Waals surface area contributed by atoms with Crippen LogP contribution in [0.1, 0.15) is 62.3 Å². The van der Waals surface area contributed by atoms with Crippen molar-refractivity contribution in [1.82, 2.24) is 29.7 Å². The predicted octanol–water partition coefficient (Wildman–Crippen LogP) is 4.07. The molecular formula is C45H55N9O8. The fourth-order valence-corrected chi connectivity index (χ4v) is 8.88. The number of esters is 1. The van der Waals surface area contributed by atoms with E-state index in [1.54, 1.807) is 25.4 Å². The molecule has 6 atom stereocenters. The Balaban J connectivity index is 0.935. The molecule has 3 saturated heterocycles. The molecule has 3 aliphatic rings. The van der Waals surface area contributed by atoms with Crippen molar-refractivity contribution in [3.63, 3.8) is 0 Å². The van der Waals surface area contributed by atoms with Gasteiger partial charge in [0.1, 0.15) is 23.1 Å². The van der Waals surface area contributed by atoms with E-state index in [2.05, 4.69) is 25.2 Å². The fourth-order valence-electron chi connectivity index (χ4n) is 8.88. The molecule has 5 N–H and O–H groups in total. The molecule has 0 aliphatic carbocycles. The summed E-state index contributed by atoms with van der Waals surface area (Å²) in [6, 6.07) is 18.4. The van der Waals surface area contributed by atoms with E-state index in [0.29, 0.717) is 55.5 Å². The maximum absolute atomic E-state index is 13.6. The number of H-pyrrole nitrogens is 1. The number of β-amino-alcohol motifs (C(OH)–C–C–N with tert-alkyl or cyclic N) is 1. The second-order valence-electron chi connectivity index (χ2n) is 16.6. The molecule has 0 bridgehead atoms. The number of aliphatic hydroxyl groups excluding tert-OH is 1. The van der Waals surface area contributed by atoms with Crippen molar-refractivity contribution in [3.8, 4) is 22.4 Å². The summed E-state index contributed by atoms with van der Waals surface area (Å²) in [5, 5.41) is 13.5. The maximum Gasteiger partial charge on any atom is 0.410 e. The molecule has 5 heterocycles. The predicted molar refractivity (Wildman–Crippen MR) is 231 cm³/mol. The number of nitrogens with two attached hydrogens (primary N) is 1. The van der Waals surface area contributed by atoms with Crippen molar-refractivity contribution < 1.29 is 38.6 Å². The summed E-state index contributed by atoms with van der Waals surface area (Å²) < 4.78 is 9.85. The lowest BCUT2D eigenvalue weighted by Crippen LogP contribution is -2.62. The molecule has 17 nitrogen and oxygen atoms in total. The largest absolute Gasteiger partial charge is 0.468 e. The number of benzene rings is 2. The Morgan fingerprint density at radius 1 is 0.919 bits per heavy atom. The number of nitrogens with one attached hydrogen (secondary N) is 2. The van der Waals surface area contributed by atoms with Gasteiger partial charge in [0.25, 0.3) is 5.91 Å². The van der Waals surface area contributed by atoms with Crippen molar-refractivity contribution in [2.75, 3.05) is 63.7 Å². The number of aliphatic hydroxyl groups is 1. The first-order valence-electron chi connectivity index (χ1n) is 21.0. The number of aromatic amines is 1. The zero-order chi connectivity index (χ0) is 44.3. The summed E-state index contributed by atoms with van der Waals surface area (Å²) in [4.78, 5) is 84.8. The van der Waals surface area contributed by atoms with E-state index in [-0.39, 0.29) is 37.4 Å². The summed E-state index contributed by atoms with van der Waals surface area (Å²) in [6.45, 7) is 7.78. The van der Waals surface area contributed by atoms with E-state index in [0.717, 1.165) is 28.8 Å². The molecule has 4 amide bonds. The Morgan fingerprint density at radius 2 is 1.61 bits per heavy atom. The average molecular weight is 850 g/mol. The van der Waals surface area contributed by atoms with E-state index in [1.165, 1.54) is 24.0 Å². The van der Waals surface area contributed by atoms with Crippen LogP contribution in [0.2, 0.25) is 0 Å². The minimum Gasteiger partial charge on any atom is -0.468 e. The van der Waals surface area contributed by atoms with Gasteiger partial charge in [0, 0.05) is 57.1 Å². The topological polar surface area (TPSA) is 217 Å². The molecule has 3 aliphatic heterocycles. The number of carbonyl (C=O) groups is 5. The second kappa shape index (κ2) is 18.3. The number of pyridine rings is 1. The molecule has 2 aromatic carbocycles. The quantitative estimate of drug-likeness (QED) is 0.124. The maximum atomic E-state index is 13.6. The third-order valence-corrected chi connectivity index (χ3v) is 12.5. The molecule has 3 fully saturated rings. The number of methoxy groups -OCH3 is 2. The highest BCUT2D eigenvalue weighted by atomic mass is 16.5. The smallest absolute Gasteiger partial charge is 0.410 e. The first-order chi connectivity index (χ1) is 29.8. The van der Waals surface area contributed by atoms with Crippen molar-refractivity contribution >= 4 is 41.3 Å². The first kappa shape index (κ1) is 43.7. The summed E-state index contributed by atoms with van der Waals surface area (Å²) in [7, 11) is 2.57. The number of likely N-dealkylation sites (tertiary alicyclic amines) is 2. The van der Waals surface area contributed by atoms with Gasteiger partial charge >= 0.3 is 12.1 Å². The molecule has 1 unspecified atom stereocenters. The number of imidazole rings is 1. The Hall–Kier alpha value is -6.33. The lowest BCUT2D eigenvalue weighted by Gasteiger charge is -2.44. The van der Waals surface area contributed by atoms with Crippen molar-refractivity contribution in [1.29, 1.82) is 0 Å². The van der Waals surface area contributed by atoms with Crippen LogP contribution in [0.5, 0.6) is 0 Å². The van der Waals surface area contributed by atoms with Crippen molar-refractivity contribution in [2.24, 2.45) is 17.6 Å². The van der Waals surface area contributed by atoms with Crippen LogP contribution in [-0.4, -0.2) is 136 Å². The molecular weight excluding hydrogens is 795 g/mol. The van der Waals surface area contributed by atoms with Crippen molar-refractivity contribution in [2.45, 2.75) is 63.8 Å². The molecule has 0 spiro atoms. The monoisotopic (exact) mass is 849 g/mol. The van der Waals surface area contributed by atoms with E-state index >= 15 is 0 Å². The molecule has 17 heteroatoms. The van der Waals surface area contributed by atoms with Gasteiger partial charge < -0.3 is 45.3 Å². The van der Waals surface area contributed by atoms with Crippen molar-refractivity contribution in [3.05, 3.63) is 84.4 Å². The number of ether oxygens (including phenoxy) is 2. The number of piperazine rings is 1. The fraction of sp³-hybridized carbons (Fsp3) is 0.444. The lowest BCUT2D eigenvalue weighted by atomic mass is 9.92. The van der Waals surface area contributed by atoms with Crippen LogP contribution in [0.25, 0.3) is 22.4 Å². The van der Waals surface area contributed by atoms with Gasteiger partial charge in [0.05, 0.1) is 43.8 Å². The lowest BCUT2D eigenvalue weighted by molar-refractivity contribution is -0.156. The average Bonchev–Trinajstić information content (AvgIpc) is 4.05. The minimum absolute atomic E-state index is 0.0347. The van der Waals surface area contributed by atoms with Crippen LogP contribution in [0.15, 0.2) is 73.1 Å². The van der Waals surface area contributed by atoms with E-state index in [9.17, 15) is 29.1 Å². The first-order valence-corrected chi connectivity index (χ1v) is 21.0. The van der Waals surface area contributed by atoms with Crippen LogP contribution < -0.4 is 16.0 Å². The normalized spacial score (nSPS) is 22.3. The third-order valence-electron chi connectivity index (χ3n) is 12.5. The number of hydrogen-bond donors (Lipinski definition) is 4. The molecule has 4 aromatic rings. The number of carbonyl (C=O) groups excluding carboxylic acids is 5. The number of rotatable bonds is 11. The minimum atomic E-state index is -1.08. The van der Waals surface area contributed by atoms with Gasteiger partial charge in [-0.1, -0.05) is 43.3 Å². The van der Waals surface area contributed by atoms with Crippen LogP contribution >= 0.6 is 0 Å². The Morgan fingerprint density at radius 3 is 2.24 bits per heavy atom. The van der Waals surface area contributed by atoms with Gasteiger partial charge in [-0.15, -0.1) is 0 Å². The summed E-state index contributed by atoms with van der Waals surface area (Å²) >= 11 is 0. The van der Waals surface area contributed by atoms with Crippen LogP contribution in [0.4, 0.5) is 16.3 Å². The Kier molecular flexibility index (Phi) is 12.9. The van der Waals surface area contributed by atoms with Gasteiger partial charge in [-0.05, 0) is 80.1 Å². The SMILES string of the molecule is COC(=O)[C@H](C(=O)N1C[C@@H](O)C[C@H]1c1ncc(-c2ccc(-c3ccc(NC(=O)c4ccc(N5CCN(C(=O)[C@]6(C)CCCN6C(=O)OC)C[C@H]5C)nc4)cc3)cc2)[nH]1)C(C)CN. The molecule has 328 valence electrons. The highest BCUT2D eigenvalue weighted by Gasteiger charge is 2.49. The number of amides is 4. The van der Waals surface area contributed by atoms with Crippen LogP contribution in [0, 0.1) is 11.8 Å². The standard InChI is InChI=1S/C45H55N9O8/c1-27(22-46)38(42(58)61-4)41(57)53-26-34(55)21-36(53)39-48-24-35(50-39)31-9-7-29(8-10-31)30-11-14-33(15-12-30)49-40(56)32-13-16-37(47-23-32)52-20-19-51(25-28(52)2)43(59)45(3)17-6-18-54(45)44(60)62-5/h7-16,23-24,27-28,34,36,38,55H,6,17-22,25-26,46H2,1-5H3,(H,48,50)(H,49,56)/t27?,28-,34+,36+,38+,45+/m1/s1. The highest BCUT2D eigenvalue weighted by Crippen LogP contribution is 2.36. The Bertz CT molecular complexity index is 2270. The van der Waals surface area contributed by atoms with Gasteiger partial charge in [-0.25, -0.2) is 14.8 Å². The number of aromatic nitrogens is 3. The van der Waals surface area contributed by atoms with E-state index in [4.69, 9.17) is 15.2 Å². The number of anilines is 2. The molecule has 2 aromatic heterocycles. The molecule has 0 radical (unpaired) electrons. The van der Waals surface area contributed by atoms with Gasteiger partial charge in [0.15, 0.2) is 0 Å². The highest BCUT2D eigenvalue weighted by molar-refractivity contribution is 6.04. The Labute approximate surface area is 360 Å². The van der Waals surface area contributed by atoms with Crippen LogP contribution in [0.3, 0.4) is 0 Å². The van der Waals surface area contributed by atoms with Crippen LogP contribution in [-0.2, 0) is 23.9 Å². The number of nitrogens with zero attached hydrogens (tertiary/aromatic N) is 6. The van der Waals surface area contributed by atoms with Gasteiger partial charge in [-0.3, -0.25) is 24.1 Å². The molecule has 7 rings (SSSR count). The summed E-state index contributed by atoms with van der Waals surface area (Å²) in [6.07, 6.45) is 3.59. The van der Waals surface area contributed by atoms with E-state index in [1.807, 2.05) is 73.3 Å².